The van der Waals surface area contributed by atoms with Gasteiger partial charge in [0.1, 0.15) is 17.0 Å². The van der Waals surface area contributed by atoms with E-state index in [1.54, 1.807) is 18.2 Å². The highest BCUT2D eigenvalue weighted by Gasteiger charge is 2.15. The van der Waals surface area contributed by atoms with Crippen LogP contribution in [0.3, 0.4) is 0 Å². The number of ether oxygens (including phenoxy) is 1. The molecule has 0 saturated carbocycles. The van der Waals surface area contributed by atoms with Gasteiger partial charge in [-0.05, 0) is 67.8 Å². The minimum absolute atomic E-state index is 0.0340. The molecule has 3 aromatic carbocycles. The molecule has 4 rings (SSSR count). The molecule has 0 aliphatic carbocycles. The van der Waals surface area contributed by atoms with Gasteiger partial charge in [0.05, 0.1) is 5.56 Å². The molecular weight excluding hydrogens is 380 g/mol. The Morgan fingerprint density at radius 1 is 1.07 bits per heavy atom. The Kier molecular flexibility index (Phi) is 5.14. The van der Waals surface area contributed by atoms with Crippen LogP contribution in [0.25, 0.3) is 22.6 Å². The van der Waals surface area contributed by atoms with E-state index >= 15 is 0 Å². The molecule has 2 N–H and O–H groups in total. The van der Waals surface area contributed by atoms with Gasteiger partial charge in [-0.1, -0.05) is 18.2 Å². The smallest absolute Gasteiger partial charge is 0.262 e. The van der Waals surface area contributed by atoms with E-state index in [2.05, 4.69) is 10.3 Å². The van der Waals surface area contributed by atoms with Crippen molar-refractivity contribution in [3.63, 3.8) is 0 Å². The van der Waals surface area contributed by atoms with Crippen LogP contribution in [0.2, 0.25) is 0 Å². The van der Waals surface area contributed by atoms with Crippen LogP contribution >= 0.6 is 0 Å². The predicted octanol–water partition coefficient (Wildman–Crippen LogP) is 5.14. The number of phenols is 1. The number of phenolic OH excluding ortho intramolecular Hbond substituents is 1. The lowest BCUT2D eigenvalue weighted by atomic mass is 10.1. The molecule has 152 valence electrons. The Bertz CT molecular complexity index is 1240. The third-order valence-corrected chi connectivity index (χ3v) is 4.69. The van der Waals surface area contributed by atoms with Gasteiger partial charge in [-0.3, -0.25) is 4.79 Å². The Labute approximate surface area is 174 Å². The van der Waals surface area contributed by atoms with Gasteiger partial charge in [-0.25, -0.2) is 4.98 Å². The van der Waals surface area contributed by atoms with Crippen molar-refractivity contribution in [2.75, 3.05) is 11.9 Å². The summed E-state index contributed by atoms with van der Waals surface area (Å²) in [7, 11) is 0. The highest BCUT2D eigenvalue weighted by molar-refractivity contribution is 5.92. The molecule has 30 heavy (non-hydrogen) atoms. The number of anilines is 1. The Morgan fingerprint density at radius 3 is 2.67 bits per heavy atom. The maximum absolute atomic E-state index is 12.2. The summed E-state index contributed by atoms with van der Waals surface area (Å²) in [6, 6.07) is 16.3. The van der Waals surface area contributed by atoms with Gasteiger partial charge in [0, 0.05) is 11.8 Å². The van der Waals surface area contributed by atoms with Crippen molar-refractivity contribution in [2.45, 2.75) is 20.8 Å². The van der Waals surface area contributed by atoms with E-state index in [1.165, 1.54) is 6.07 Å². The fourth-order valence-corrected chi connectivity index (χ4v) is 3.33. The number of hydrogen-bond acceptors (Lipinski definition) is 5. The van der Waals surface area contributed by atoms with E-state index in [0.717, 1.165) is 22.2 Å². The normalized spacial score (nSPS) is 10.9. The Balaban J connectivity index is 1.48. The summed E-state index contributed by atoms with van der Waals surface area (Å²) < 4.78 is 11.4. The van der Waals surface area contributed by atoms with Gasteiger partial charge < -0.3 is 19.6 Å². The zero-order valence-corrected chi connectivity index (χ0v) is 17.0. The molecular formula is C24H22N2O4. The molecule has 4 aromatic rings. The van der Waals surface area contributed by atoms with Crippen LogP contribution in [0.1, 0.15) is 16.7 Å². The summed E-state index contributed by atoms with van der Waals surface area (Å²) in [5.41, 5.74) is 5.48. The number of carbonyl (C=O) groups is 1. The zero-order valence-electron chi connectivity index (χ0n) is 17.0. The third kappa shape index (κ3) is 4.12. The quantitative estimate of drug-likeness (QED) is 0.483. The summed E-state index contributed by atoms with van der Waals surface area (Å²) in [5.74, 6) is 0.603. The number of fused-ring (bicyclic) bond motifs is 1. The van der Waals surface area contributed by atoms with Crippen molar-refractivity contribution in [3.8, 4) is 23.0 Å². The molecule has 0 aliphatic heterocycles. The third-order valence-electron chi connectivity index (χ3n) is 4.69. The molecule has 0 spiro atoms. The number of aryl methyl sites for hydroxylation is 3. The van der Waals surface area contributed by atoms with Gasteiger partial charge in [0.25, 0.3) is 5.91 Å². The van der Waals surface area contributed by atoms with Crippen LogP contribution in [-0.4, -0.2) is 22.6 Å². The number of hydrogen-bond donors (Lipinski definition) is 2. The molecule has 0 unspecified atom stereocenters. The molecule has 0 saturated heterocycles. The van der Waals surface area contributed by atoms with E-state index in [9.17, 15) is 9.90 Å². The summed E-state index contributed by atoms with van der Waals surface area (Å²) in [6.07, 6.45) is 0. The van der Waals surface area contributed by atoms with Crippen molar-refractivity contribution >= 4 is 22.7 Å². The Hall–Kier alpha value is -3.80. The summed E-state index contributed by atoms with van der Waals surface area (Å²) >= 11 is 0. The van der Waals surface area contributed by atoms with Crippen LogP contribution in [0.4, 0.5) is 5.69 Å². The van der Waals surface area contributed by atoms with Gasteiger partial charge in [-0.15, -0.1) is 0 Å². The number of carbonyl (C=O) groups excluding carboxylic acids is 1. The second kappa shape index (κ2) is 7.91. The number of rotatable bonds is 5. The summed E-state index contributed by atoms with van der Waals surface area (Å²) in [4.78, 5) is 16.7. The van der Waals surface area contributed by atoms with E-state index in [-0.39, 0.29) is 18.3 Å². The van der Waals surface area contributed by atoms with Crippen molar-refractivity contribution in [2.24, 2.45) is 0 Å². The minimum Gasteiger partial charge on any atom is -0.507 e. The first-order chi connectivity index (χ1) is 14.4. The average molecular weight is 402 g/mol. The monoisotopic (exact) mass is 402 g/mol. The van der Waals surface area contributed by atoms with E-state index in [0.29, 0.717) is 28.5 Å². The van der Waals surface area contributed by atoms with E-state index < -0.39 is 0 Å². The lowest BCUT2D eigenvalue weighted by molar-refractivity contribution is -0.118. The molecule has 6 nitrogen and oxygen atoms in total. The fourth-order valence-electron chi connectivity index (χ4n) is 3.33. The molecule has 6 heteroatoms. The molecule has 0 bridgehead atoms. The van der Waals surface area contributed by atoms with Crippen molar-refractivity contribution in [1.29, 1.82) is 0 Å². The number of amides is 1. The van der Waals surface area contributed by atoms with Crippen LogP contribution in [0.5, 0.6) is 11.5 Å². The standard InChI is InChI=1S/C24H22N2O4/c1-14-5-4-6-18(10-14)29-13-22(28)25-17-7-8-19(21(27)12-17)24-26-20-11-15(2)9-16(3)23(20)30-24/h4-12,27H,13H2,1-3H3,(H,25,28). The van der Waals surface area contributed by atoms with Crippen molar-refractivity contribution in [1.82, 2.24) is 4.98 Å². The second-order valence-corrected chi connectivity index (χ2v) is 7.33. The number of aromatic nitrogens is 1. The minimum atomic E-state index is -0.323. The molecule has 0 radical (unpaired) electrons. The lowest BCUT2D eigenvalue weighted by Crippen LogP contribution is -2.20. The maximum atomic E-state index is 12.2. The second-order valence-electron chi connectivity index (χ2n) is 7.33. The number of oxazole rings is 1. The van der Waals surface area contributed by atoms with Gasteiger partial charge in [0.2, 0.25) is 5.89 Å². The molecule has 1 aromatic heterocycles. The van der Waals surface area contributed by atoms with Crippen molar-refractivity contribution in [3.05, 3.63) is 71.3 Å². The zero-order chi connectivity index (χ0) is 21.3. The summed E-state index contributed by atoms with van der Waals surface area (Å²) in [6.45, 7) is 5.78. The first kappa shape index (κ1) is 19.5. The molecule has 0 fully saturated rings. The van der Waals surface area contributed by atoms with Crippen molar-refractivity contribution < 1.29 is 19.1 Å². The number of nitrogens with one attached hydrogen (secondary N) is 1. The SMILES string of the molecule is Cc1cccc(OCC(=O)Nc2ccc(-c3nc4cc(C)cc(C)c4o3)c(O)c2)c1. The average Bonchev–Trinajstić information content (AvgIpc) is 3.10. The predicted molar refractivity (Wildman–Crippen MR) is 116 cm³/mol. The van der Waals surface area contributed by atoms with Gasteiger partial charge in [0.15, 0.2) is 12.2 Å². The molecule has 1 heterocycles. The maximum Gasteiger partial charge on any atom is 0.262 e. The van der Waals surface area contributed by atoms with Crippen LogP contribution < -0.4 is 10.1 Å². The van der Waals surface area contributed by atoms with Crippen LogP contribution in [-0.2, 0) is 4.79 Å². The largest absolute Gasteiger partial charge is 0.507 e. The first-order valence-electron chi connectivity index (χ1n) is 9.59. The number of benzene rings is 3. The Morgan fingerprint density at radius 2 is 1.90 bits per heavy atom. The van der Waals surface area contributed by atoms with Crippen LogP contribution in [0.15, 0.2) is 59.0 Å². The molecule has 0 aliphatic rings. The van der Waals surface area contributed by atoms with E-state index in [4.69, 9.17) is 9.15 Å². The lowest BCUT2D eigenvalue weighted by Gasteiger charge is -2.09. The summed E-state index contributed by atoms with van der Waals surface area (Å²) in [5, 5.41) is 13.2. The van der Waals surface area contributed by atoms with Gasteiger partial charge in [-0.2, -0.15) is 0 Å². The first-order valence-corrected chi connectivity index (χ1v) is 9.59. The molecule has 0 atom stereocenters. The highest BCUT2D eigenvalue weighted by Crippen LogP contribution is 2.34. The van der Waals surface area contributed by atoms with E-state index in [1.807, 2.05) is 51.1 Å². The highest BCUT2D eigenvalue weighted by atomic mass is 16.5. The topological polar surface area (TPSA) is 84.6 Å². The molecule has 1 amide bonds. The fraction of sp³-hybridized carbons (Fsp3) is 0.167. The number of nitrogens with zero attached hydrogens (tertiary/aromatic N) is 1. The van der Waals surface area contributed by atoms with Crippen LogP contribution in [0, 0.1) is 20.8 Å². The van der Waals surface area contributed by atoms with Gasteiger partial charge >= 0.3 is 0 Å². The number of aromatic hydroxyl groups is 1.